The Morgan fingerprint density at radius 3 is 1.56 bits per heavy atom. The first-order valence-corrected chi connectivity index (χ1v) is 12.5. The van der Waals surface area contributed by atoms with Crippen molar-refractivity contribution >= 4 is 10.1 Å². The van der Waals surface area contributed by atoms with Crippen LogP contribution >= 0.6 is 0 Å². The number of hydrogen-bond acceptors (Lipinski definition) is 4. The van der Waals surface area contributed by atoms with Crippen molar-refractivity contribution < 1.29 is 69.5 Å². The van der Waals surface area contributed by atoms with Gasteiger partial charge in [-0.3, -0.25) is 0 Å². The Bertz CT molecular complexity index is 401. The molecule has 0 aliphatic heterocycles. The molecule has 0 aromatic carbocycles. The van der Waals surface area contributed by atoms with Gasteiger partial charge in [0.2, 0.25) is 0 Å². The van der Waals surface area contributed by atoms with Crippen LogP contribution in [0, 0.1) is 0 Å². The standard InChI is InChI=1S/C21H44O4S.K/c1-3-5-7-8-9-10-11-12-13-14-15-17-21(26(23,24)25)19-18-20(22)16-6-4-2;/h20-22H,3-19H2,1-2H3,(H,23,24,25);/q;+1/p-1. The van der Waals surface area contributed by atoms with Crippen molar-refractivity contribution in [3.05, 3.63) is 0 Å². The summed E-state index contributed by atoms with van der Waals surface area (Å²) in [5, 5.41) is 9.04. The van der Waals surface area contributed by atoms with Crippen LogP contribution in [0.4, 0.5) is 0 Å². The molecule has 0 bridgehead atoms. The van der Waals surface area contributed by atoms with Crippen LogP contribution in [0.1, 0.15) is 123 Å². The van der Waals surface area contributed by atoms with Crippen LogP contribution in [-0.2, 0) is 10.1 Å². The molecule has 0 aromatic rings. The molecule has 0 amide bonds. The van der Waals surface area contributed by atoms with E-state index in [0.717, 1.165) is 32.1 Å². The molecule has 0 rings (SSSR count). The minimum absolute atomic E-state index is 0. The zero-order valence-electron chi connectivity index (χ0n) is 18.3. The Morgan fingerprint density at radius 1 is 0.667 bits per heavy atom. The van der Waals surface area contributed by atoms with Crippen molar-refractivity contribution in [1.82, 2.24) is 0 Å². The third kappa shape index (κ3) is 20.6. The number of unbranched alkanes of at least 4 members (excludes halogenated alkanes) is 11. The van der Waals surface area contributed by atoms with Gasteiger partial charge in [0.05, 0.1) is 16.2 Å². The van der Waals surface area contributed by atoms with Gasteiger partial charge in [0.25, 0.3) is 0 Å². The summed E-state index contributed by atoms with van der Waals surface area (Å²) in [7, 11) is -4.25. The summed E-state index contributed by atoms with van der Waals surface area (Å²) in [5.74, 6) is 0. The average Bonchev–Trinajstić information content (AvgIpc) is 2.59. The summed E-state index contributed by atoms with van der Waals surface area (Å²) in [6.45, 7) is 4.29. The topological polar surface area (TPSA) is 77.4 Å². The van der Waals surface area contributed by atoms with Crippen LogP contribution in [0.3, 0.4) is 0 Å². The van der Waals surface area contributed by atoms with Crippen LogP contribution in [0.5, 0.6) is 0 Å². The van der Waals surface area contributed by atoms with Crippen LogP contribution in [0.2, 0.25) is 0 Å². The Morgan fingerprint density at radius 2 is 1.11 bits per heavy atom. The second-order valence-corrected chi connectivity index (χ2v) is 9.46. The maximum absolute atomic E-state index is 11.4. The zero-order valence-corrected chi connectivity index (χ0v) is 22.2. The molecule has 0 heterocycles. The molecule has 0 radical (unpaired) electrons. The quantitative estimate of drug-likeness (QED) is 0.194. The van der Waals surface area contributed by atoms with Crippen LogP contribution < -0.4 is 51.4 Å². The number of aliphatic hydroxyl groups is 1. The normalized spacial score (nSPS) is 13.9. The van der Waals surface area contributed by atoms with Gasteiger partial charge in [0, 0.05) is 5.25 Å². The van der Waals surface area contributed by atoms with Crippen molar-refractivity contribution in [3.8, 4) is 0 Å². The van der Waals surface area contributed by atoms with Crippen LogP contribution in [0.15, 0.2) is 0 Å². The number of hydrogen-bond donors (Lipinski definition) is 1. The molecule has 0 saturated heterocycles. The third-order valence-electron chi connectivity index (χ3n) is 5.25. The van der Waals surface area contributed by atoms with Gasteiger partial charge in [-0.15, -0.1) is 0 Å². The van der Waals surface area contributed by atoms with Gasteiger partial charge in [-0.1, -0.05) is 97.3 Å². The minimum Gasteiger partial charge on any atom is -0.748 e. The zero-order chi connectivity index (χ0) is 19.7. The van der Waals surface area contributed by atoms with Crippen LogP contribution in [0.25, 0.3) is 0 Å². The van der Waals surface area contributed by atoms with Gasteiger partial charge < -0.3 is 9.66 Å². The first kappa shape index (κ1) is 30.7. The van der Waals surface area contributed by atoms with Gasteiger partial charge in [-0.2, -0.15) is 0 Å². The van der Waals surface area contributed by atoms with Crippen LogP contribution in [-0.4, -0.2) is 29.4 Å². The molecule has 158 valence electrons. The predicted octanol–water partition coefficient (Wildman–Crippen LogP) is 2.94. The van der Waals surface area contributed by atoms with Crippen molar-refractivity contribution in [2.45, 2.75) is 134 Å². The monoisotopic (exact) mass is 430 g/mol. The van der Waals surface area contributed by atoms with Crippen molar-refractivity contribution in [2.24, 2.45) is 0 Å². The van der Waals surface area contributed by atoms with E-state index >= 15 is 0 Å². The molecule has 0 aromatic heterocycles. The van der Waals surface area contributed by atoms with E-state index < -0.39 is 21.5 Å². The van der Waals surface area contributed by atoms with E-state index in [9.17, 15) is 18.1 Å². The molecule has 0 fully saturated rings. The minimum atomic E-state index is -4.25. The molecular weight excluding hydrogens is 387 g/mol. The number of rotatable bonds is 19. The summed E-state index contributed by atoms with van der Waals surface area (Å²) in [4.78, 5) is 0. The van der Waals surface area contributed by atoms with Crippen molar-refractivity contribution in [2.75, 3.05) is 0 Å². The molecular formula is C21H43KO4S. The molecule has 0 aliphatic carbocycles. The van der Waals surface area contributed by atoms with E-state index in [1.54, 1.807) is 0 Å². The smallest absolute Gasteiger partial charge is 0.748 e. The molecule has 27 heavy (non-hydrogen) atoms. The van der Waals surface area contributed by atoms with Gasteiger partial charge >= 0.3 is 51.4 Å². The average molecular weight is 431 g/mol. The summed E-state index contributed by atoms with van der Waals surface area (Å²) in [6.07, 6.45) is 16.7. The second-order valence-electron chi connectivity index (χ2n) is 7.81. The summed E-state index contributed by atoms with van der Waals surface area (Å²) in [6, 6.07) is 0. The molecule has 6 heteroatoms. The molecule has 0 spiro atoms. The van der Waals surface area contributed by atoms with E-state index in [1.807, 2.05) is 0 Å². The SMILES string of the molecule is CCCCCCCCCCCCCC(CCC(O)CCCC)S(=O)(=O)[O-].[K+]. The second kappa shape index (κ2) is 20.8. The molecule has 0 aliphatic rings. The molecule has 4 nitrogen and oxygen atoms in total. The van der Waals surface area contributed by atoms with E-state index in [2.05, 4.69) is 13.8 Å². The van der Waals surface area contributed by atoms with E-state index in [-0.39, 0.29) is 51.4 Å². The van der Waals surface area contributed by atoms with Gasteiger partial charge in [-0.05, 0) is 25.7 Å². The molecule has 0 saturated carbocycles. The largest absolute Gasteiger partial charge is 1.00 e. The van der Waals surface area contributed by atoms with Crippen molar-refractivity contribution in [1.29, 1.82) is 0 Å². The summed E-state index contributed by atoms with van der Waals surface area (Å²) >= 11 is 0. The van der Waals surface area contributed by atoms with E-state index in [4.69, 9.17) is 0 Å². The van der Waals surface area contributed by atoms with Gasteiger partial charge in [0.1, 0.15) is 0 Å². The Labute approximate surface area is 211 Å². The Balaban J connectivity index is 0. The van der Waals surface area contributed by atoms with Gasteiger partial charge in [0.15, 0.2) is 0 Å². The third-order valence-corrected chi connectivity index (χ3v) is 6.54. The fourth-order valence-electron chi connectivity index (χ4n) is 3.43. The molecule has 2 atom stereocenters. The van der Waals surface area contributed by atoms with Gasteiger partial charge in [-0.25, -0.2) is 8.42 Å². The first-order chi connectivity index (χ1) is 12.4. The van der Waals surface area contributed by atoms with E-state index in [0.29, 0.717) is 25.7 Å². The summed E-state index contributed by atoms with van der Waals surface area (Å²) in [5.41, 5.74) is 0. The first-order valence-electron chi connectivity index (χ1n) is 11.0. The number of aliphatic hydroxyl groups excluding tert-OH is 1. The Kier molecular flexibility index (Phi) is 23.6. The van der Waals surface area contributed by atoms with E-state index in [1.165, 1.54) is 51.4 Å². The summed E-state index contributed by atoms with van der Waals surface area (Å²) < 4.78 is 34.3. The predicted molar refractivity (Wildman–Crippen MR) is 109 cm³/mol. The fourth-order valence-corrected chi connectivity index (χ4v) is 4.31. The Hall–Kier alpha value is 1.51. The maximum atomic E-state index is 11.4. The maximum Gasteiger partial charge on any atom is 1.00 e. The fraction of sp³-hybridized carbons (Fsp3) is 1.00. The molecule has 1 N–H and O–H groups in total. The van der Waals surface area contributed by atoms with Crippen molar-refractivity contribution in [3.63, 3.8) is 0 Å². The molecule has 2 unspecified atom stereocenters.